The van der Waals surface area contributed by atoms with E-state index in [1.54, 1.807) is 14.2 Å². The first kappa shape index (κ1) is 27.2. The summed E-state index contributed by atoms with van der Waals surface area (Å²) in [5.41, 5.74) is 1.83. The summed E-state index contributed by atoms with van der Waals surface area (Å²) in [5.74, 6) is 1.98. The number of benzene rings is 2. The number of halogens is 3. The highest BCUT2D eigenvalue weighted by Crippen LogP contribution is 2.35. The van der Waals surface area contributed by atoms with E-state index in [-0.39, 0.29) is 5.65 Å². The Balaban J connectivity index is 1.42. The van der Waals surface area contributed by atoms with Gasteiger partial charge in [-0.15, -0.1) is 5.10 Å². The number of methoxy groups -OCH3 is 2. The molecule has 1 aliphatic heterocycles. The fourth-order valence-electron chi connectivity index (χ4n) is 5.41. The van der Waals surface area contributed by atoms with Crippen molar-refractivity contribution in [2.45, 2.75) is 38.1 Å². The third kappa shape index (κ3) is 5.90. The molecular weight excluding hydrogens is 533 g/mol. The van der Waals surface area contributed by atoms with E-state index in [1.165, 1.54) is 12.8 Å². The summed E-state index contributed by atoms with van der Waals surface area (Å²) in [7, 11) is 3.22. The number of alkyl halides is 3. The minimum absolute atomic E-state index is 0.166. The van der Waals surface area contributed by atoms with Crippen molar-refractivity contribution in [1.82, 2.24) is 19.5 Å². The lowest BCUT2D eigenvalue weighted by Crippen LogP contribution is -2.47. The molecule has 0 amide bonds. The van der Waals surface area contributed by atoms with E-state index in [1.807, 2.05) is 54.6 Å². The Morgan fingerprint density at radius 2 is 1.41 bits per heavy atom. The number of fused-ring (bicyclic) bond motifs is 1. The van der Waals surface area contributed by atoms with Crippen molar-refractivity contribution in [1.29, 1.82) is 0 Å². The summed E-state index contributed by atoms with van der Waals surface area (Å²) in [6.07, 6.45) is -1.27. The van der Waals surface area contributed by atoms with Gasteiger partial charge in [0.1, 0.15) is 11.5 Å². The van der Waals surface area contributed by atoms with Gasteiger partial charge < -0.3 is 19.3 Å². The van der Waals surface area contributed by atoms with E-state index in [4.69, 9.17) is 9.47 Å². The Morgan fingerprint density at radius 3 is 1.90 bits per heavy atom. The minimum Gasteiger partial charge on any atom is -0.497 e. The minimum atomic E-state index is -4.59. The zero-order valence-electron chi connectivity index (χ0n) is 23.1. The van der Waals surface area contributed by atoms with Crippen LogP contribution >= 0.6 is 0 Å². The molecule has 0 bridgehead atoms. The number of anilines is 2. The van der Waals surface area contributed by atoms with Gasteiger partial charge in [0.25, 0.3) is 0 Å². The van der Waals surface area contributed by atoms with E-state index in [0.717, 1.165) is 46.4 Å². The number of imidazole rings is 1. The lowest BCUT2D eigenvalue weighted by molar-refractivity contribution is -0.142. The summed E-state index contributed by atoms with van der Waals surface area (Å²) in [6.45, 7) is 4.05. The molecule has 41 heavy (non-hydrogen) atoms. The fraction of sp³-hybridized carbons (Fsp3) is 0.400. The van der Waals surface area contributed by atoms with Crippen LogP contribution in [0.4, 0.5) is 24.7 Å². The predicted molar refractivity (Wildman–Crippen MR) is 151 cm³/mol. The number of hydrogen-bond acceptors (Lipinski definition) is 7. The normalized spacial score (nSPS) is 16.3. The summed E-state index contributed by atoms with van der Waals surface area (Å²) in [5, 5.41) is 4.50. The molecule has 0 spiro atoms. The Labute approximate surface area is 236 Å². The summed E-state index contributed by atoms with van der Waals surface area (Å²) >= 11 is 0. The SMILES string of the molecule is COc1ccc(CN(Cc2ccc(OC)cc2)c2cc(N3CCN(C4CC4)CC3)nn3c(C(F)(F)F)cnc23)cc1. The van der Waals surface area contributed by atoms with Crippen LogP contribution in [0.3, 0.4) is 0 Å². The van der Waals surface area contributed by atoms with E-state index in [9.17, 15) is 13.2 Å². The molecule has 6 rings (SSSR count). The number of aromatic nitrogens is 3. The molecular formula is C30H33F3N6O2. The van der Waals surface area contributed by atoms with Crippen molar-refractivity contribution in [3.05, 3.63) is 77.6 Å². The molecule has 0 atom stereocenters. The van der Waals surface area contributed by atoms with Gasteiger partial charge in [-0.2, -0.15) is 13.2 Å². The van der Waals surface area contributed by atoms with Crippen LogP contribution in [-0.4, -0.2) is 65.9 Å². The first-order valence-corrected chi connectivity index (χ1v) is 13.8. The molecule has 0 N–H and O–H groups in total. The van der Waals surface area contributed by atoms with Crippen LogP contribution in [0.5, 0.6) is 11.5 Å². The molecule has 4 aromatic rings. The Hall–Kier alpha value is -3.99. The molecule has 2 aromatic carbocycles. The average molecular weight is 567 g/mol. The maximum Gasteiger partial charge on any atom is 0.435 e. The maximum atomic E-state index is 14.1. The topological polar surface area (TPSA) is 58.4 Å². The quantitative estimate of drug-likeness (QED) is 0.274. The highest BCUT2D eigenvalue weighted by molar-refractivity contribution is 5.73. The molecule has 2 fully saturated rings. The molecule has 1 saturated heterocycles. The fourth-order valence-corrected chi connectivity index (χ4v) is 5.41. The molecule has 216 valence electrons. The maximum absolute atomic E-state index is 14.1. The smallest absolute Gasteiger partial charge is 0.435 e. The van der Waals surface area contributed by atoms with Gasteiger partial charge in [-0.25, -0.2) is 9.50 Å². The number of hydrogen-bond donors (Lipinski definition) is 0. The molecule has 1 aliphatic carbocycles. The molecule has 0 unspecified atom stereocenters. The Kier molecular flexibility index (Phi) is 7.37. The van der Waals surface area contributed by atoms with Gasteiger partial charge in [0, 0.05) is 51.4 Å². The molecule has 2 aliphatic rings. The van der Waals surface area contributed by atoms with Crippen LogP contribution in [-0.2, 0) is 19.3 Å². The first-order valence-electron chi connectivity index (χ1n) is 13.8. The third-order valence-corrected chi connectivity index (χ3v) is 7.83. The first-order chi connectivity index (χ1) is 19.8. The third-order valence-electron chi connectivity index (χ3n) is 7.83. The molecule has 3 heterocycles. The molecule has 8 nitrogen and oxygen atoms in total. The van der Waals surface area contributed by atoms with Gasteiger partial charge in [0.05, 0.1) is 26.1 Å². The second kappa shape index (κ2) is 11.1. The molecule has 1 saturated carbocycles. The van der Waals surface area contributed by atoms with Gasteiger partial charge in [-0.05, 0) is 48.2 Å². The van der Waals surface area contributed by atoms with E-state index in [2.05, 4.69) is 24.8 Å². The van der Waals surface area contributed by atoms with Crippen molar-refractivity contribution < 1.29 is 22.6 Å². The van der Waals surface area contributed by atoms with E-state index < -0.39 is 11.9 Å². The monoisotopic (exact) mass is 566 g/mol. The van der Waals surface area contributed by atoms with Crippen LogP contribution in [0.15, 0.2) is 60.8 Å². The standard InChI is InChI=1S/C30H33F3N6O2/c1-40-24-9-3-21(4-10-24)19-38(20-22-5-11-25(41-2)12-6-22)26-17-28(37-15-13-36(14-16-37)23-7-8-23)35-39-27(30(31,32)33)18-34-29(26)39/h3-6,9-12,17-18,23H,7-8,13-16,19-20H2,1-2H3. The lowest BCUT2D eigenvalue weighted by atomic mass is 10.1. The van der Waals surface area contributed by atoms with Gasteiger partial charge in [-0.3, -0.25) is 4.90 Å². The number of rotatable bonds is 9. The van der Waals surface area contributed by atoms with Gasteiger partial charge in [0.15, 0.2) is 17.2 Å². The molecule has 2 aromatic heterocycles. The zero-order valence-corrected chi connectivity index (χ0v) is 23.1. The predicted octanol–water partition coefficient (Wildman–Crippen LogP) is 5.26. The van der Waals surface area contributed by atoms with Gasteiger partial charge in [0.2, 0.25) is 0 Å². The average Bonchev–Trinajstić information content (AvgIpc) is 3.74. The van der Waals surface area contributed by atoms with Crippen LogP contribution in [0.1, 0.15) is 29.7 Å². The summed E-state index contributed by atoms with van der Waals surface area (Å²) in [6, 6.07) is 17.9. The van der Waals surface area contributed by atoms with Crippen molar-refractivity contribution in [2.24, 2.45) is 0 Å². The highest BCUT2D eigenvalue weighted by Gasteiger charge is 2.37. The summed E-state index contributed by atoms with van der Waals surface area (Å²) in [4.78, 5) is 10.8. The zero-order chi connectivity index (χ0) is 28.6. The van der Waals surface area contributed by atoms with E-state index in [0.29, 0.717) is 43.7 Å². The van der Waals surface area contributed by atoms with Gasteiger partial charge >= 0.3 is 6.18 Å². The summed E-state index contributed by atoms with van der Waals surface area (Å²) < 4.78 is 53.8. The van der Waals surface area contributed by atoms with E-state index >= 15 is 0 Å². The van der Waals surface area contributed by atoms with Crippen molar-refractivity contribution >= 4 is 17.2 Å². The second-order valence-electron chi connectivity index (χ2n) is 10.6. The van der Waals surface area contributed by atoms with Crippen LogP contribution in [0, 0.1) is 0 Å². The molecule has 11 heteroatoms. The highest BCUT2D eigenvalue weighted by atomic mass is 19.4. The largest absolute Gasteiger partial charge is 0.497 e. The lowest BCUT2D eigenvalue weighted by Gasteiger charge is -2.36. The van der Waals surface area contributed by atoms with Crippen molar-refractivity contribution in [3.8, 4) is 11.5 Å². The number of nitrogens with zero attached hydrogens (tertiary/aromatic N) is 6. The Bertz CT molecular complexity index is 1430. The molecule has 0 radical (unpaired) electrons. The van der Waals surface area contributed by atoms with Crippen LogP contribution in [0.25, 0.3) is 5.65 Å². The second-order valence-corrected chi connectivity index (χ2v) is 10.6. The van der Waals surface area contributed by atoms with Gasteiger partial charge in [-0.1, -0.05) is 24.3 Å². The number of ether oxygens (including phenoxy) is 2. The van der Waals surface area contributed by atoms with Crippen molar-refractivity contribution in [2.75, 3.05) is 50.2 Å². The van der Waals surface area contributed by atoms with Crippen LogP contribution in [0.2, 0.25) is 0 Å². The number of piperazine rings is 1. The van der Waals surface area contributed by atoms with Crippen molar-refractivity contribution in [3.63, 3.8) is 0 Å². The Morgan fingerprint density at radius 1 is 0.854 bits per heavy atom. The van der Waals surface area contributed by atoms with Crippen LogP contribution < -0.4 is 19.3 Å².